The summed E-state index contributed by atoms with van der Waals surface area (Å²) in [5.41, 5.74) is -1.12. The molecule has 11 nitrogen and oxygen atoms in total. The predicted octanol–water partition coefficient (Wildman–Crippen LogP) is 4.36. The molecule has 5 saturated heterocycles. The average molecular weight is 685 g/mol. The molecule has 5 aliphatic heterocycles. The van der Waals surface area contributed by atoms with Gasteiger partial charge in [-0.3, -0.25) is 4.79 Å². The molecule has 0 radical (unpaired) electrons. The van der Waals surface area contributed by atoms with Gasteiger partial charge in [-0.25, -0.2) is 0 Å². The van der Waals surface area contributed by atoms with E-state index in [1.54, 1.807) is 14.0 Å². The molecule has 278 valence electrons. The lowest BCUT2D eigenvalue weighted by Crippen LogP contribution is -2.57. The van der Waals surface area contributed by atoms with Crippen LogP contribution in [0.4, 0.5) is 0 Å². The second-order valence-corrected chi connectivity index (χ2v) is 16.5. The number of hydrogen-bond acceptors (Lipinski definition) is 11. The number of rotatable bonds is 10. The maximum atomic E-state index is 12.4. The molecule has 0 saturated carbocycles. The van der Waals surface area contributed by atoms with Crippen molar-refractivity contribution < 1.29 is 53.3 Å². The van der Waals surface area contributed by atoms with Crippen molar-refractivity contribution >= 4 is 5.97 Å². The van der Waals surface area contributed by atoms with E-state index in [1.807, 2.05) is 20.8 Å². The first-order valence-electron chi connectivity index (χ1n) is 18.5. The van der Waals surface area contributed by atoms with Crippen molar-refractivity contribution in [2.24, 2.45) is 35.5 Å². The molecule has 17 atom stereocenters. The van der Waals surface area contributed by atoms with Crippen LogP contribution in [0.5, 0.6) is 0 Å². The number of carbonyl (C=O) groups excluding carboxylic acids is 1. The zero-order chi connectivity index (χ0) is 35.4. The summed E-state index contributed by atoms with van der Waals surface area (Å²) in [7, 11) is 2.97. The number of aliphatic hydroxyl groups excluding tert-OH is 2. The predicted molar refractivity (Wildman–Crippen MR) is 177 cm³/mol. The molecule has 0 aromatic heterocycles. The molecule has 5 fully saturated rings. The standard InChI is InChI=1S/C37H64O11/c1-11-35(32-21(3)17-27(44-32)29-20(2)16-22(4)37(41,19-38)47-29)13-12-28(45-35)34(8)14-15-36(48-34)18-26(39)23(5)31(46-36)24(6)30(42-9)25(7)33(40)43-10/h20-32,38-39,41H,11-19H2,1-10H3/t20-,21+,22+,23+,24+,25+,26-,27-,28+,29-,30-,31-,32-,34+,35-,36+,37-/m0/s1. The molecule has 0 bridgehead atoms. The summed E-state index contributed by atoms with van der Waals surface area (Å²) in [6, 6.07) is 0. The van der Waals surface area contributed by atoms with Gasteiger partial charge in [0, 0.05) is 37.7 Å². The van der Waals surface area contributed by atoms with Gasteiger partial charge in [0.2, 0.25) is 0 Å². The molecular formula is C37H64O11. The number of aliphatic hydroxyl groups is 3. The Kier molecular flexibility index (Phi) is 11.4. The van der Waals surface area contributed by atoms with Crippen LogP contribution in [0.25, 0.3) is 0 Å². The lowest BCUT2D eigenvalue weighted by molar-refractivity contribution is -0.336. The van der Waals surface area contributed by atoms with Crippen LogP contribution in [0.3, 0.4) is 0 Å². The van der Waals surface area contributed by atoms with Gasteiger partial charge in [-0.05, 0) is 64.2 Å². The molecule has 11 heteroatoms. The Balaban J connectivity index is 1.28. The van der Waals surface area contributed by atoms with Gasteiger partial charge in [-0.15, -0.1) is 0 Å². The molecule has 48 heavy (non-hydrogen) atoms. The van der Waals surface area contributed by atoms with Gasteiger partial charge < -0.3 is 48.5 Å². The Morgan fingerprint density at radius 3 is 2.33 bits per heavy atom. The molecular weight excluding hydrogens is 620 g/mol. The van der Waals surface area contributed by atoms with E-state index in [9.17, 15) is 20.1 Å². The van der Waals surface area contributed by atoms with Crippen LogP contribution in [0.15, 0.2) is 0 Å². The van der Waals surface area contributed by atoms with Crippen LogP contribution >= 0.6 is 0 Å². The fourth-order valence-corrected chi connectivity index (χ4v) is 10.1. The van der Waals surface area contributed by atoms with Crippen molar-refractivity contribution in [2.45, 2.75) is 172 Å². The molecule has 0 unspecified atom stereocenters. The summed E-state index contributed by atoms with van der Waals surface area (Å²) < 4.78 is 44.7. The van der Waals surface area contributed by atoms with E-state index >= 15 is 0 Å². The zero-order valence-electron chi connectivity index (χ0n) is 31.0. The van der Waals surface area contributed by atoms with Crippen molar-refractivity contribution in [1.82, 2.24) is 0 Å². The third-order valence-electron chi connectivity index (χ3n) is 13.2. The van der Waals surface area contributed by atoms with Gasteiger partial charge in [0.1, 0.15) is 0 Å². The molecule has 0 aromatic rings. The van der Waals surface area contributed by atoms with Gasteiger partial charge in [0.15, 0.2) is 11.6 Å². The summed E-state index contributed by atoms with van der Waals surface area (Å²) >= 11 is 0. The first kappa shape index (κ1) is 38.3. The molecule has 0 aromatic carbocycles. The summed E-state index contributed by atoms with van der Waals surface area (Å²) in [6.07, 6.45) is 3.37. The summed E-state index contributed by atoms with van der Waals surface area (Å²) in [6.45, 7) is 15.9. The van der Waals surface area contributed by atoms with Crippen molar-refractivity contribution in [3.05, 3.63) is 0 Å². The molecule has 1 spiro atoms. The molecule has 5 rings (SSSR count). The quantitative estimate of drug-likeness (QED) is 0.283. The van der Waals surface area contributed by atoms with E-state index in [0.29, 0.717) is 12.8 Å². The smallest absolute Gasteiger partial charge is 0.311 e. The summed E-state index contributed by atoms with van der Waals surface area (Å²) in [5.74, 6) is -3.52. The molecule has 3 N–H and O–H groups in total. The number of esters is 1. The number of methoxy groups -OCH3 is 2. The monoisotopic (exact) mass is 684 g/mol. The largest absolute Gasteiger partial charge is 0.469 e. The summed E-state index contributed by atoms with van der Waals surface area (Å²) in [5, 5.41) is 32.3. The number of ether oxygens (including phenoxy) is 7. The number of carbonyl (C=O) groups is 1. The molecule has 5 aliphatic rings. The zero-order valence-corrected chi connectivity index (χ0v) is 31.0. The van der Waals surface area contributed by atoms with Crippen molar-refractivity contribution in [1.29, 1.82) is 0 Å². The first-order chi connectivity index (χ1) is 22.5. The van der Waals surface area contributed by atoms with E-state index in [1.165, 1.54) is 7.11 Å². The topological polar surface area (TPSA) is 142 Å². The van der Waals surface area contributed by atoms with Crippen LogP contribution in [0, 0.1) is 35.5 Å². The Hall–Kier alpha value is -0.890. The normalized spacial score (nSPS) is 50.0. The van der Waals surface area contributed by atoms with E-state index in [-0.39, 0.29) is 60.0 Å². The summed E-state index contributed by atoms with van der Waals surface area (Å²) in [4.78, 5) is 12.4. The Morgan fingerprint density at radius 1 is 1.00 bits per heavy atom. The lowest BCUT2D eigenvalue weighted by Gasteiger charge is -2.49. The fraction of sp³-hybridized carbons (Fsp3) is 0.973. The second-order valence-electron chi connectivity index (χ2n) is 16.5. The SMILES string of the molecule is CC[C@@]1([C@H]2O[C@H]([C@H]3O[C@@](O)(CO)[C@H](C)C[C@@H]3C)C[C@H]2C)CC[C@H]([C@@]2(C)CC[C@]3(C[C@H](O)[C@@H](C)[C@@H]([C@H](C)[C@H](OC)[C@@H](C)C(=O)OC)O3)O2)O1. The van der Waals surface area contributed by atoms with Crippen LogP contribution in [-0.4, -0.2) is 108 Å². The maximum absolute atomic E-state index is 12.4. The minimum absolute atomic E-state index is 0.143. The third-order valence-corrected chi connectivity index (χ3v) is 13.2. The minimum atomic E-state index is -1.56. The van der Waals surface area contributed by atoms with Crippen LogP contribution in [0.2, 0.25) is 0 Å². The van der Waals surface area contributed by atoms with Crippen molar-refractivity contribution in [3.63, 3.8) is 0 Å². The maximum Gasteiger partial charge on any atom is 0.311 e. The highest BCUT2D eigenvalue weighted by Gasteiger charge is 2.62. The van der Waals surface area contributed by atoms with Crippen LogP contribution in [0.1, 0.15) is 107 Å². The van der Waals surface area contributed by atoms with Crippen molar-refractivity contribution in [2.75, 3.05) is 20.8 Å². The minimum Gasteiger partial charge on any atom is -0.469 e. The van der Waals surface area contributed by atoms with Gasteiger partial charge >= 0.3 is 5.97 Å². The Bertz CT molecular complexity index is 1120. The molecule has 0 amide bonds. The van der Waals surface area contributed by atoms with Gasteiger partial charge in [-0.2, -0.15) is 0 Å². The first-order valence-corrected chi connectivity index (χ1v) is 18.5. The van der Waals surface area contributed by atoms with Crippen LogP contribution in [-0.2, 0) is 38.0 Å². The average Bonchev–Trinajstić information content (AvgIpc) is 3.77. The Morgan fingerprint density at radius 2 is 1.71 bits per heavy atom. The highest BCUT2D eigenvalue weighted by Crippen LogP contribution is 2.55. The lowest BCUT2D eigenvalue weighted by atomic mass is 9.78. The van der Waals surface area contributed by atoms with Gasteiger partial charge in [-0.1, -0.05) is 41.5 Å². The Labute approximate surface area is 287 Å². The van der Waals surface area contributed by atoms with E-state index in [0.717, 1.165) is 38.5 Å². The van der Waals surface area contributed by atoms with Gasteiger partial charge in [0.05, 0.1) is 73.6 Å². The van der Waals surface area contributed by atoms with Crippen molar-refractivity contribution in [3.8, 4) is 0 Å². The van der Waals surface area contributed by atoms with Gasteiger partial charge in [0.25, 0.3) is 0 Å². The molecule has 5 heterocycles. The third kappa shape index (κ3) is 6.74. The van der Waals surface area contributed by atoms with Crippen LogP contribution < -0.4 is 0 Å². The second kappa shape index (κ2) is 14.3. The fourth-order valence-electron chi connectivity index (χ4n) is 10.1. The van der Waals surface area contributed by atoms with E-state index < -0.39 is 53.6 Å². The highest BCUT2D eigenvalue weighted by atomic mass is 16.7. The number of hydrogen-bond donors (Lipinski definition) is 3. The van der Waals surface area contributed by atoms with E-state index in [2.05, 4.69) is 27.7 Å². The van der Waals surface area contributed by atoms with E-state index in [4.69, 9.17) is 33.2 Å². The molecule has 0 aliphatic carbocycles. The highest BCUT2D eigenvalue weighted by molar-refractivity contribution is 5.72.